The summed E-state index contributed by atoms with van der Waals surface area (Å²) in [6, 6.07) is 18.5. The number of halogens is 3. The number of phenolic OH excluding ortho intramolecular Hbond substituents is 1. The number of amides is 1. The Morgan fingerprint density at radius 1 is 1.09 bits per heavy atom. The van der Waals surface area contributed by atoms with Crippen LogP contribution in [0.5, 0.6) is 5.75 Å². The summed E-state index contributed by atoms with van der Waals surface area (Å²) in [4.78, 5) is 33.7. The van der Waals surface area contributed by atoms with Crippen molar-refractivity contribution in [1.29, 1.82) is 0 Å². The van der Waals surface area contributed by atoms with Crippen molar-refractivity contribution in [2.24, 2.45) is 0 Å². The highest BCUT2D eigenvalue weighted by atomic mass is 35.5. The zero-order valence-electron chi connectivity index (χ0n) is 24.8. The van der Waals surface area contributed by atoms with Crippen LogP contribution < -0.4 is 5.56 Å². The van der Waals surface area contributed by atoms with Crippen LogP contribution in [0.4, 0.5) is 8.78 Å². The Kier molecular flexibility index (Phi) is 6.80. The van der Waals surface area contributed by atoms with Crippen molar-refractivity contribution in [3.8, 4) is 34.3 Å². The molecule has 4 aromatic heterocycles. The van der Waals surface area contributed by atoms with Gasteiger partial charge in [0.05, 0.1) is 41.1 Å². The van der Waals surface area contributed by atoms with E-state index in [0.29, 0.717) is 28.5 Å². The van der Waals surface area contributed by atoms with Crippen LogP contribution in [-0.2, 0) is 6.54 Å². The number of alkyl halides is 2. The van der Waals surface area contributed by atoms with Gasteiger partial charge in [0.15, 0.2) is 11.0 Å². The van der Waals surface area contributed by atoms with Gasteiger partial charge in [0.2, 0.25) is 5.56 Å². The molecule has 0 radical (unpaired) electrons. The smallest absolute Gasteiger partial charge is 0.267 e. The number of phenols is 1. The van der Waals surface area contributed by atoms with E-state index in [2.05, 4.69) is 4.98 Å². The number of hydrogen-bond acceptors (Lipinski definition) is 6. The van der Waals surface area contributed by atoms with E-state index >= 15 is 0 Å². The molecule has 238 valence electrons. The predicted molar refractivity (Wildman–Crippen MR) is 170 cm³/mol. The maximum absolute atomic E-state index is 13.9. The van der Waals surface area contributed by atoms with Crippen LogP contribution in [0, 0.1) is 0 Å². The van der Waals surface area contributed by atoms with E-state index in [1.807, 2.05) is 28.8 Å². The minimum absolute atomic E-state index is 0.0579. The van der Waals surface area contributed by atoms with Gasteiger partial charge in [-0.25, -0.2) is 18.4 Å². The number of likely N-dealkylation sites (tertiary alicyclic amines) is 1. The number of aromatic amines is 1. The summed E-state index contributed by atoms with van der Waals surface area (Å²) in [5.74, 6) is -2.32. The van der Waals surface area contributed by atoms with E-state index in [9.17, 15) is 23.5 Å². The van der Waals surface area contributed by atoms with Gasteiger partial charge < -0.3 is 24.0 Å². The van der Waals surface area contributed by atoms with E-state index in [1.54, 1.807) is 29.1 Å². The average Bonchev–Trinajstić information content (AvgIpc) is 3.33. The molecular formula is C34H27ClF2N6O4. The molecule has 0 unspecified atom stereocenters. The number of aromatic hydroxyl groups is 1. The summed E-state index contributed by atoms with van der Waals surface area (Å²) < 4.78 is 37.2. The lowest BCUT2D eigenvalue weighted by atomic mass is 10.1. The summed E-state index contributed by atoms with van der Waals surface area (Å²) in [5, 5.41) is 16.2. The quantitative estimate of drug-likeness (QED) is 0.200. The lowest BCUT2D eigenvalue weighted by Gasteiger charge is -2.17. The number of carbonyl (C=O) groups excluding carboxylic acids is 1. The number of pyridine rings is 1. The fraction of sp³-hybridized carbons (Fsp3) is 0.235. The molecule has 2 N–H and O–H groups in total. The highest BCUT2D eigenvalue weighted by molar-refractivity contribution is 6.29. The summed E-state index contributed by atoms with van der Waals surface area (Å²) in [5.41, 5.74) is 4.63. The Bertz CT molecular complexity index is 2230. The van der Waals surface area contributed by atoms with Crippen LogP contribution in [-0.4, -0.2) is 59.2 Å². The van der Waals surface area contributed by atoms with E-state index in [-0.39, 0.29) is 40.7 Å². The second-order valence-electron chi connectivity index (χ2n) is 12.1. The summed E-state index contributed by atoms with van der Waals surface area (Å²) in [6.45, 7) is -0.447. The number of carbonyl (C=O) groups is 1. The first-order valence-corrected chi connectivity index (χ1v) is 15.5. The fourth-order valence-corrected chi connectivity index (χ4v) is 6.23. The molecule has 47 heavy (non-hydrogen) atoms. The van der Waals surface area contributed by atoms with Gasteiger partial charge in [0, 0.05) is 36.7 Å². The standard InChI is InChI=1S/C34H27ClF2N6O4/c35-30-9-8-29(47-30)27-15-24(20-2-3-20)40-43(27)22-5-6-26-25(14-22)39-32(42(26)17-19-1-10-31(45)38-16-19)23-13-21(4-7-28(23)44)33(46)41-12-11-34(36,37)18-41/h1,4-10,13-16,20,44H,2-3,11-12,17-18H2,(H,38,45). The first kappa shape index (κ1) is 29.2. The van der Waals surface area contributed by atoms with Crippen molar-refractivity contribution in [2.75, 3.05) is 13.1 Å². The number of fused-ring (bicyclic) bond motifs is 1. The van der Waals surface area contributed by atoms with Gasteiger partial charge >= 0.3 is 0 Å². The Labute approximate surface area is 270 Å². The third kappa shape index (κ3) is 5.48. The molecule has 0 atom stereocenters. The Balaban J connectivity index is 1.25. The molecule has 0 spiro atoms. The third-order valence-corrected chi connectivity index (χ3v) is 8.86. The molecule has 1 aliphatic heterocycles. The molecule has 13 heteroatoms. The summed E-state index contributed by atoms with van der Waals surface area (Å²) in [7, 11) is 0. The molecule has 1 aliphatic carbocycles. The SMILES string of the molecule is O=C(c1ccc(O)c(-c2nc3cc(-n4nc(C5CC5)cc4-c4ccc(Cl)o4)ccc3n2Cc2ccc(=O)[nH]c2)c1)N1CCC(F)(F)C1. The molecule has 2 aliphatic rings. The lowest BCUT2D eigenvalue weighted by Crippen LogP contribution is -2.31. The maximum atomic E-state index is 13.9. The zero-order chi connectivity index (χ0) is 32.4. The van der Waals surface area contributed by atoms with Gasteiger partial charge in [0.25, 0.3) is 11.8 Å². The van der Waals surface area contributed by atoms with Gasteiger partial charge in [-0.1, -0.05) is 6.07 Å². The molecule has 8 rings (SSSR count). The van der Waals surface area contributed by atoms with Crippen LogP contribution in [0.3, 0.4) is 0 Å². The van der Waals surface area contributed by atoms with Gasteiger partial charge in [-0.3, -0.25) is 9.59 Å². The first-order valence-electron chi connectivity index (χ1n) is 15.2. The summed E-state index contributed by atoms with van der Waals surface area (Å²) in [6.07, 6.45) is 3.34. The highest BCUT2D eigenvalue weighted by Gasteiger charge is 2.40. The van der Waals surface area contributed by atoms with E-state index in [1.165, 1.54) is 24.3 Å². The lowest BCUT2D eigenvalue weighted by molar-refractivity contribution is 0.0120. The second-order valence-corrected chi connectivity index (χ2v) is 12.4. The van der Waals surface area contributed by atoms with Gasteiger partial charge in [0.1, 0.15) is 17.3 Å². The number of aromatic nitrogens is 5. The highest BCUT2D eigenvalue weighted by Crippen LogP contribution is 2.42. The molecule has 10 nitrogen and oxygen atoms in total. The predicted octanol–water partition coefficient (Wildman–Crippen LogP) is 6.60. The van der Waals surface area contributed by atoms with E-state index in [4.69, 9.17) is 26.1 Å². The van der Waals surface area contributed by atoms with Crippen molar-refractivity contribution >= 4 is 28.5 Å². The first-order chi connectivity index (χ1) is 22.6. The van der Waals surface area contributed by atoms with Gasteiger partial charge in [-0.05, 0) is 84.6 Å². The molecule has 2 fully saturated rings. The topological polar surface area (TPSA) is 122 Å². The maximum Gasteiger partial charge on any atom is 0.267 e. The molecule has 5 heterocycles. The monoisotopic (exact) mass is 656 g/mol. The molecule has 0 bridgehead atoms. The van der Waals surface area contributed by atoms with E-state index < -0.39 is 24.8 Å². The largest absolute Gasteiger partial charge is 0.507 e. The number of nitrogens with zero attached hydrogens (tertiary/aromatic N) is 5. The van der Waals surface area contributed by atoms with Gasteiger partial charge in [-0.15, -0.1) is 0 Å². The number of benzene rings is 2. The minimum atomic E-state index is -2.94. The van der Waals surface area contributed by atoms with Crippen LogP contribution in [0.2, 0.25) is 5.22 Å². The molecule has 6 aromatic rings. The number of nitrogens with one attached hydrogen (secondary N) is 1. The van der Waals surface area contributed by atoms with E-state index in [0.717, 1.165) is 40.4 Å². The molecule has 1 saturated carbocycles. The van der Waals surface area contributed by atoms with Gasteiger partial charge in [-0.2, -0.15) is 5.10 Å². The van der Waals surface area contributed by atoms with Crippen LogP contribution in [0.1, 0.15) is 46.8 Å². The van der Waals surface area contributed by atoms with Crippen molar-refractivity contribution < 1.29 is 23.1 Å². The average molecular weight is 657 g/mol. The number of H-pyrrole nitrogens is 1. The van der Waals surface area contributed by atoms with Crippen molar-refractivity contribution in [3.05, 3.63) is 105 Å². The Morgan fingerprint density at radius 2 is 1.94 bits per heavy atom. The third-order valence-electron chi connectivity index (χ3n) is 8.66. The van der Waals surface area contributed by atoms with Crippen LogP contribution in [0.15, 0.2) is 82.1 Å². The number of hydrogen-bond donors (Lipinski definition) is 2. The van der Waals surface area contributed by atoms with Crippen molar-refractivity contribution in [1.82, 2.24) is 29.2 Å². The molecule has 1 saturated heterocycles. The van der Waals surface area contributed by atoms with Crippen LogP contribution >= 0.6 is 11.6 Å². The molecular weight excluding hydrogens is 630 g/mol. The fourth-order valence-electron chi connectivity index (χ4n) is 6.08. The van der Waals surface area contributed by atoms with Crippen LogP contribution in [0.25, 0.3) is 39.6 Å². The summed E-state index contributed by atoms with van der Waals surface area (Å²) >= 11 is 6.11. The Morgan fingerprint density at radius 3 is 2.64 bits per heavy atom. The second kappa shape index (κ2) is 10.9. The molecule has 1 amide bonds. The number of rotatable bonds is 7. The normalized spacial score (nSPS) is 15.9. The zero-order valence-corrected chi connectivity index (χ0v) is 25.5. The molecule has 2 aromatic carbocycles. The Hall–Kier alpha value is -5.23. The number of furan rings is 1. The number of imidazole rings is 1. The van der Waals surface area contributed by atoms with Crippen molar-refractivity contribution in [2.45, 2.75) is 37.6 Å². The minimum Gasteiger partial charge on any atom is -0.507 e. The van der Waals surface area contributed by atoms with Crippen molar-refractivity contribution in [3.63, 3.8) is 0 Å².